The summed E-state index contributed by atoms with van der Waals surface area (Å²) in [5.74, 6) is -3.85. The highest BCUT2D eigenvalue weighted by atomic mass is 16.3. The highest BCUT2D eigenvalue weighted by molar-refractivity contribution is 6.14. The van der Waals surface area contributed by atoms with Crippen LogP contribution in [0.15, 0.2) is 24.3 Å². The molecule has 0 saturated carbocycles. The van der Waals surface area contributed by atoms with Crippen LogP contribution in [0.3, 0.4) is 0 Å². The van der Waals surface area contributed by atoms with Crippen LogP contribution in [0.5, 0.6) is 28.7 Å². The lowest BCUT2D eigenvalue weighted by Crippen LogP contribution is -2.04. The van der Waals surface area contributed by atoms with E-state index in [-0.39, 0.29) is 16.7 Å². The van der Waals surface area contributed by atoms with Gasteiger partial charge in [-0.3, -0.25) is 4.79 Å². The van der Waals surface area contributed by atoms with Gasteiger partial charge in [-0.2, -0.15) is 0 Å². The Balaban J connectivity index is 2.64. The Labute approximate surface area is 126 Å². The predicted octanol–water partition coefficient (Wildman–Crippen LogP) is 2.40. The molecule has 0 saturated heterocycles. The van der Waals surface area contributed by atoms with E-state index in [1.807, 2.05) is 6.92 Å². The van der Waals surface area contributed by atoms with Crippen molar-refractivity contribution in [2.75, 3.05) is 0 Å². The summed E-state index contributed by atoms with van der Waals surface area (Å²) >= 11 is 0. The topological polar surface area (TPSA) is 118 Å². The predicted molar refractivity (Wildman–Crippen MR) is 78.6 cm³/mol. The number of phenols is 5. The maximum atomic E-state index is 12.5. The van der Waals surface area contributed by atoms with Crippen LogP contribution in [0.2, 0.25) is 0 Å². The van der Waals surface area contributed by atoms with Crippen LogP contribution >= 0.6 is 0 Å². The minimum absolute atomic E-state index is 0.288. The summed E-state index contributed by atoms with van der Waals surface area (Å²) in [6, 6.07) is 5.04. The highest BCUT2D eigenvalue weighted by Crippen LogP contribution is 2.42. The summed E-state index contributed by atoms with van der Waals surface area (Å²) in [4.78, 5) is 12.5. The number of aryl methyl sites for hydroxylation is 1. The van der Waals surface area contributed by atoms with E-state index in [0.717, 1.165) is 0 Å². The molecule has 0 atom stereocenters. The molecule has 2 rings (SSSR count). The zero-order valence-electron chi connectivity index (χ0n) is 11.9. The first-order chi connectivity index (χ1) is 10.4. The second kappa shape index (κ2) is 5.85. The Morgan fingerprint density at radius 1 is 0.955 bits per heavy atom. The molecule has 0 heterocycles. The van der Waals surface area contributed by atoms with E-state index in [9.17, 15) is 30.3 Å². The normalized spacial score (nSPS) is 10.6. The maximum Gasteiger partial charge on any atom is 0.204 e. The van der Waals surface area contributed by atoms with Crippen LogP contribution in [-0.2, 0) is 6.42 Å². The molecular formula is C16H16O6. The largest absolute Gasteiger partial charge is 0.507 e. The van der Waals surface area contributed by atoms with Gasteiger partial charge in [-0.1, -0.05) is 19.4 Å². The molecule has 0 aliphatic carbocycles. The van der Waals surface area contributed by atoms with Gasteiger partial charge in [0.1, 0.15) is 17.1 Å². The van der Waals surface area contributed by atoms with Crippen LogP contribution in [0, 0.1) is 0 Å². The number of carbonyl (C=O) groups is 1. The highest BCUT2D eigenvalue weighted by Gasteiger charge is 2.25. The fourth-order valence-electron chi connectivity index (χ4n) is 2.23. The molecular weight excluding hydrogens is 288 g/mol. The first-order valence-corrected chi connectivity index (χ1v) is 6.70. The van der Waals surface area contributed by atoms with E-state index in [0.29, 0.717) is 12.8 Å². The molecule has 0 aliphatic rings. The summed E-state index contributed by atoms with van der Waals surface area (Å²) in [6.07, 6.45) is 1.03. The fraction of sp³-hybridized carbons (Fsp3) is 0.188. The lowest BCUT2D eigenvalue weighted by atomic mass is 9.96. The minimum atomic E-state index is -0.860. The molecule has 0 bridgehead atoms. The third kappa shape index (κ3) is 2.50. The molecule has 2 aromatic carbocycles. The summed E-state index contributed by atoms with van der Waals surface area (Å²) in [5, 5.41) is 48.9. The molecule has 0 aromatic heterocycles. The number of benzene rings is 2. The lowest BCUT2D eigenvalue weighted by molar-refractivity contribution is 0.103. The average molecular weight is 304 g/mol. The molecule has 6 heteroatoms. The van der Waals surface area contributed by atoms with Crippen molar-refractivity contribution in [1.82, 2.24) is 0 Å². The van der Waals surface area contributed by atoms with Gasteiger partial charge >= 0.3 is 0 Å². The van der Waals surface area contributed by atoms with Gasteiger partial charge in [-0.25, -0.2) is 0 Å². The average Bonchev–Trinajstić information content (AvgIpc) is 2.47. The number of phenolic OH excluding ortho intramolecular Hbond substituents is 5. The van der Waals surface area contributed by atoms with E-state index in [2.05, 4.69) is 0 Å². The van der Waals surface area contributed by atoms with Crippen LogP contribution in [-0.4, -0.2) is 31.3 Å². The number of hydrogen-bond donors (Lipinski definition) is 5. The Morgan fingerprint density at radius 3 is 2.09 bits per heavy atom. The molecule has 22 heavy (non-hydrogen) atoms. The third-order valence-corrected chi connectivity index (χ3v) is 3.34. The van der Waals surface area contributed by atoms with Crippen LogP contribution < -0.4 is 0 Å². The summed E-state index contributed by atoms with van der Waals surface area (Å²) in [6.45, 7) is 1.85. The summed E-state index contributed by atoms with van der Waals surface area (Å²) in [7, 11) is 0. The van der Waals surface area contributed by atoms with Gasteiger partial charge in [0.15, 0.2) is 11.5 Å². The Hall–Kier alpha value is -2.89. The Morgan fingerprint density at radius 2 is 1.55 bits per heavy atom. The molecule has 116 valence electrons. The number of carbonyl (C=O) groups excluding carboxylic acids is 1. The van der Waals surface area contributed by atoms with Crippen molar-refractivity contribution >= 4 is 5.78 Å². The third-order valence-electron chi connectivity index (χ3n) is 3.34. The van der Waals surface area contributed by atoms with Crippen LogP contribution in [0.4, 0.5) is 0 Å². The monoisotopic (exact) mass is 304 g/mol. The summed E-state index contributed by atoms with van der Waals surface area (Å²) < 4.78 is 0. The smallest absolute Gasteiger partial charge is 0.204 e. The second-order valence-corrected chi connectivity index (χ2v) is 4.88. The quantitative estimate of drug-likeness (QED) is 0.437. The van der Waals surface area contributed by atoms with E-state index in [4.69, 9.17) is 0 Å². The molecule has 0 amide bonds. The van der Waals surface area contributed by atoms with Crippen molar-refractivity contribution in [3.8, 4) is 28.7 Å². The van der Waals surface area contributed by atoms with Gasteiger partial charge in [-0.05, 0) is 30.2 Å². The van der Waals surface area contributed by atoms with E-state index >= 15 is 0 Å². The molecule has 0 fully saturated rings. The number of aromatic hydroxyl groups is 5. The zero-order chi connectivity index (χ0) is 16.4. The van der Waals surface area contributed by atoms with E-state index in [1.165, 1.54) is 24.3 Å². The first kappa shape index (κ1) is 15.5. The Kier molecular flexibility index (Phi) is 4.12. The molecule has 5 N–H and O–H groups in total. The summed E-state index contributed by atoms with van der Waals surface area (Å²) in [5.41, 5.74) is -0.406. The van der Waals surface area contributed by atoms with Gasteiger partial charge in [0.05, 0.1) is 5.56 Å². The number of rotatable bonds is 4. The maximum absolute atomic E-state index is 12.5. The minimum Gasteiger partial charge on any atom is -0.507 e. The SMILES string of the molecule is CCCc1cc(C(=O)c2c(O)cccc2O)c(O)c(O)c1O. The van der Waals surface area contributed by atoms with Crippen LogP contribution in [0.1, 0.15) is 34.8 Å². The van der Waals surface area contributed by atoms with Gasteiger partial charge in [0.2, 0.25) is 11.5 Å². The molecule has 0 aliphatic heterocycles. The van der Waals surface area contributed by atoms with Crippen molar-refractivity contribution in [2.24, 2.45) is 0 Å². The Bertz CT molecular complexity index is 716. The van der Waals surface area contributed by atoms with Crippen molar-refractivity contribution in [3.05, 3.63) is 41.0 Å². The van der Waals surface area contributed by atoms with E-state index < -0.39 is 34.5 Å². The second-order valence-electron chi connectivity index (χ2n) is 4.88. The van der Waals surface area contributed by atoms with Crippen LogP contribution in [0.25, 0.3) is 0 Å². The molecule has 6 nitrogen and oxygen atoms in total. The van der Waals surface area contributed by atoms with E-state index in [1.54, 1.807) is 0 Å². The van der Waals surface area contributed by atoms with Crippen molar-refractivity contribution in [2.45, 2.75) is 19.8 Å². The lowest BCUT2D eigenvalue weighted by Gasteiger charge is -2.12. The number of ketones is 1. The zero-order valence-corrected chi connectivity index (χ0v) is 11.9. The van der Waals surface area contributed by atoms with Crippen molar-refractivity contribution < 1.29 is 30.3 Å². The molecule has 0 radical (unpaired) electrons. The van der Waals surface area contributed by atoms with Crippen molar-refractivity contribution in [3.63, 3.8) is 0 Å². The van der Waals surface area contributed by atoms with Gasteiger partial charge < -0.3 is 25.5 Å². The molecule has 0 spiro atoms. The van der Waals surface area contributed by atoms with Gasteiger partial charge in [-0.15, -0.1) is 0 Å². The standard InChI is InChI=1S/C16H16O6/c1-2-4-8-7-9(15(21)16(22)13(8)19)14(20)12-10(17)5-3-6-11(12)18/h3,5-7,17-19,21-22H,2,4H2,1H3. The van der Waals surface area contributed by atoms with Gasteiger partial charge in [0.25, 0.3) is 0 Å². The van der Waals surface area contributed by atoms with Crippen molar-refractivity contribution in [1.29, 1.82) is 0 Å². The molecule has 2 aromatic rings. The number of hydrogen-bond acceptors (Lipinski definition) is 6. The van der Waals surface area contributed by atoms with Gasteiger partial charge in [0, 0.05) is 0 Å². The molecule has 0 unspecified atom stereocenters. The first-order valence-electron chi connectivity index (χ1n) is 6.70. The fourth-order valence-corrected chi connectivity index (χ4v) is 2.23.